The number of anilines is 1. The molecule has 3 N–H and O–H groups in total. The Hall–Kier alpha value is -5.01. The normalized spacial score (nSPS) is 11.5. The van der Waals surface area contributed by atoms with Gasteiger partial charge in [0, 0.05) is 21.9 Å². The van der Waals surface area contributed by atoms with E-state index in [1.807, 2.05) is 55.5 Å². The van der Waals surface area contributed by atoms with Gasteiger partial charge in [-0.2, -0.15) is 0 Å². The molecule has 0 aliphatic heterocycles. The van der Waals surface area contributed by atoms with Gasteiger partial charge in [0.1, 0.15) is 23.0 Å². The predicted molar refractivity (Wildman–Crippen MR) is 159 cm³/mol. The van der Waals surface area contributed by atoms with Crippen LogP contribution in [0.3, 0.4) is 0 Å². The average molecular weight is 548 g/mol. The van der Waals surface area contributed by atoms with E-state index in [0.29, 0.717) is 33.4 Å². The lowest BCUT2D eigenvalue weighted by atomic mass is 9.93. The number of nitrogens with one attached hydrogen (secondary N) is 1. The van der Waals surface area contributed by atoms with Crippen LogP contribution in [0.25, 0.3) is 32.7 Å². The fourth-order valence-corrected chi connectivity index (χ4v) is 5.88. The molecule has 0 saturated heterocycles. The third kappa shape index (κ3) is 4.67. The Bertz CT molecular complexity index is 1980. The number of phenolic OH excluding ortho intramolecular Hbond substituents is 2. The van der Waals surface area contributed by atoms with Crippen LogP contribution in [-0.2, 0) is 10.0 Å². The van der Waals surface area contributed by atoms with E-state index in [9.17, 15) is 18.6 Å². The lowest BCUT2D eigenvalue weighted by Crippen LogP contribution is -2.13. The molecule has 6 rings (SSSR count). The van der Waals surface area contributed by atoms with Gasteiger partial charge in [-0.15, -0.1) is 0 Å². The molecule has 0 fully saturated rings. The summed E-state index contributed by atoms with van der Waals surface area (Å²) < 4.78 is 35.5. The van der Waals surface area contributed by atoms with Crippen LogP contribution in [0.2, 0.25) is 0 Å². The lowest BCUT2D eigenvalue weighted by molar-refractivity contribution is 0.472. The summed E-state index contributed by atoms with van der Waals surface area (Å²) in [5, 5.41) is 24.7. The first-order valence-electron chi connectivity index (χ1n) is 12.6. The van der Waals surface area contributed by atoms with E-state index in [0.717, 1.165) is 16.3 Å². The zero-order valence-electron chi connectivity index (χ0n) is 21.5. The summed E-state index contributed by atoms with van der Waals surface area (Å²) in [6, 6.07) is 33.1. The van der Waals surface area contributed by atoms with Crippen LogP contribution >= 0.6 is 0 Å². The minimum atomic E-state index is -4.01. The van der Waals surface area contributed by atoms with Crippen molar-refractivity contribution < 1.29 is 23.4 Å². The third-order valence-corrected chi connectivity index (χ3v) is 8.21. The highest BCUT2D eigenvalue weighted by Crippen LogP contribution is 2.46. The van der Waals surface area contributed by atoms with Crippen LogP contribution in [0, 0.1) is 6.92 Å². The number of fused-ring (bicyclic) bond motifs is 2. The summed E-state index contributed by atoms with van der Waals surface area (Å²) in [7, 11) is -4.01. The first-order chi connectivity index (χ1) is 19.3. The van der Waals surface area contributed by atoms with Gasteiger partial charge < -0.3 is 14.9 Å². The maximum absolute atomic E-state index is 13.5. The molecule has 0 spiro atoms. The van der Waals surface area contributed by atoms with E-state index < -0.39 is 10.0 Å². The molecule has 0 unspecified atom stereocenters. The number of aromatic hydroxyl groups is 2. The fraction of sp³-hybridized carbons (Fsp3) is 0.0303. The van der Waals surface area contributed by atoms with Crippen molar-refractivity contribution in [2.75, 3.05) is 4.72 Å². The number of ether oxygens (including phenoxy) is 1. The molecule has 0 aromatic heterocycles. The maximum Gasteiger partial charge on any atom is 0.261 e. The maximum atomic E-state index is 13.5. The molecule has 0 aliphatic carbocycles. The Labute approximate surface area is 231 Å². The van der Waals surface area contributed by atoms with E-state index in [1.54, 1.807) is 54.6 Å². The molecule has 198 valence electrons. The smallest absolute Gasteiger partial charge is 0.261 e. The summed E-state index contributed by atoms with van der Waals surface area (Å²) in [5.74, 6) is 1.08. The minimum Gasteiger partial charge on any atom is -0.507 e. The standard InChI is InChI=1S/C33H25NO5S/c1-21-10-13-23(14-11-21)39-24-15-17-25(18-16-24)40(37,38)34-30-20-29(33(36)28-9-5-4-8-27(28)30)32-26-7-3-2-6-22(26)12-19-31(32)35/h2-20,34-36H,1H3. The number of hydrogen-bond acceptors (Lipinski definition) is 5. The molecule has 0 saturated carbocycles. The zero-order valence-corrected chi connectivity index (χ0v) is 22.3. The number of phenols is 2. The molecule has 0 heterocycles. The van der Waals surface area contributed by atoms with Gasteiger partial charge in [-0.3, -0.25) is 4.72 Å². The van der Waals surface area contributed by atoms with Gasteiger partial charge in [0.15, 0.2) is 0 Å². The van der Waals surface area contributed by atoms with Crippen molar-refractivity contribution in [1.82, 2.24) is 0 Å². The van der Waals surface area contributed by atoms with Crippen molar-refractivity contribution in [2.45, 2.75) is 11.8 Å². The van der Waals surface area contributed by atoms with Gasteiger partial charge in [-0.05, 0) is 66.2 Å². The minimum absolute atomic E-state index is 0.0257. The molecule has 0 bridgehead atoms. The van der Waals surface area contributed by atoms with Crippen molar-refractivity contribution in [1.29, 1.82) is 0 Å². The molecule has 0 radical (unpaired) electrons. The molecule has 0 atom stereocenters. The van der Waals surface area contributed by atoms with Gasteiger partial charge in [-0.25, -0.2) is 8.42 Å². The molecule has 6 nitrogen and oxygen atoms in total. The lowest BCUT2D eigenvalue weighted by Gasteiger charge is -2.17. The van der Waals surface area contributed by atoms with Crippen molar-refractivity contribution in [2.24, 2.45) is 0 Å². The van der Waals surface area contributed by atoms with Crippen molar-refractivity contribution >= 4 is 37.3 Å². The molecular weight excluding hydrogens is 522 g/mol. The predicted octanol–water partition coefficient (Wildman–Crippen LogP) is 7.97. The van der Waals surface area contributed by atoms with Gasteiger partial charge in [0.25, 0.3) is 10.0 Å². The third-order valence-electron chi connectivity index (χ3n) is 6.83. The molecule has 0 aliphatic rings. The summed E-state index contributed by atoms with van der Waals surface area (Å²) >= 11 is 0. The fourth-order valence-electron chi connectivity index (χ4n) is 4.81. The molecule has 0 amide bonds. The van der Waals surface area contributed by atoms with Gasteiger partial charge in [0.2, 0.25) is 0 Å². The highest BCUT2D eigenvalue weighted by atomic mass is 32.2. The number of aryl methyl sites for hydroxylation is 1. The molecule has 6 aromatic rings. The topological polar surface area (TPSA) is 95.9 Å². The van der Waals surface area contributed by atoms with Crippen molar-refractivity contribution in [3.05, 3.63) is 121 Å². The second-order valence-electron chi connectivity index (χ2n) is 9.54. The second kappa shape index (κ2) is 9.94. The highest BCUT2D eigenvalue weighted by Gasteiger charge is 2.21. The SMILES string of the molecule is Cc1ccc(Oc2ccc(S(=O)(=O)Nc3cc(-c4c(O)ccc5ccccc45)c(O)c4ccccc34)cc2)cc1. The van der Waals surface area contributed by atoms with Crippen LogP contribution < -0.4 is 9.46 Å². The zero-order chi connectivity index (χ0) is 27.9. The first-order valence-corrected chi connectivity index (χ1v) is 14.1. The van der Waals surface area contributed by atoms with Gasteiger partial charge in [0.05, 0.1) is 10.6 Å². The van der Waals surface area contributed by atoms with Gasteiger partial charge in [-0.1, -0.05) is 72.3 Å². The van der Waals surface area contributed by atoms with E-state index >= 15 is 0 Å². The summed E-state index contributed by atoms with van der Waals surface area (Å²) in [6.45, 7) is 1.99. The van der Waals surface area contributed by atoms with Crippen LogP contribution in [0.15, 0.2) is 120 Å². The summed E-state index contributed by atoms with van der Waals surface area (Å²) in [5.41, 5.74) is 2.11. The first kappa shape index (κ1) is 25.3. The van der Waals surface area contributed by atoms with Crippen LogP contribution in [-0.4, -0.2) is 18.6 Å². The number of hydrogen-bond donors (Lipinski definition) is 3. The van der Waals surface area contributed by atoms with Crippen LogP contribution in [0.1, 0.15) is 5.56 Å². The summed E-state index contributed by atoms with van der Waals surface area (Å²) in [4.78, 5) is 0.0514. The Morgan fingerprint density at radius 1 is 0.675 bits per heavy atom. The van der Waals surface area contributed by atoms with E-state index in [-0.39, 0.29) is 22.1 Å². The number of rotatable bonds is 6. The number of sulfonamides is 1. The van der Waals surface area contributed by atoms with E-state index in [2.05, 4.69) is 4.72 Å². The Balaban J connectivity index is 1.41. The Morgan fingerprint density at radius 2 is 1.27 bits per heavy atom. The highest BCUT2D eigenvalue weighted by molar-refractivity contribution is 7.92. The van der Waals surface area contributed by atoms with Crippen LogP contribution in [0.4, 0.5) is 5.69 Å². The Kier molecular flexibility index (Phi) is 6.28. The van der Waals surface area contributed by atoms with E-state index in [1.165, 1.54) is 12.1 Å². The van der Waals surface area contributed by atoms with Crippen molar-refractivity contribution in [3.63, 3.8) is 0 Å². The Morgan fingerprint density at radius 3 is 1.98 bits per heavy atom. The average Bonchev–Trinajstić information content (AvgIpc) is 2.96. The summed E-state index contributed by atoms with van der Waals surface area (Å²) in [6.07, 6.45) is 0. The molecular formula is C33H25NO5S. The van der Waals surface area contributed by atoms with E-state index in [4.69, 9.17) is 4.74 Å². The quantitative estimate of drug-likeness (QED) is 0.184. The van der Waals surface area contributed by atoms with Crippen molar-refractivity contribution in [3.8, 4) is 34.1 Å². The number of benzene rings is 6. The largest absolute Gasteiger partial charge is 0.507 e. The monoisotopic (exact) mass is 547 g/mol. The second-order valence-corrected chi connectivity index (χ2v) is 11.2. The van der Waals surface area contributed by atoms with Crippen LogP contribution in [0.5, 0.6) is 23.0 Å². The molecule has 6 aromatic carbocycles. The molecule has 40 heavy (non-hydrogen) atoms. The van der Waals surface area contributed by atoms with Gasteiger partial charge >= 0.3 is 0 Å². The molecule has 7 heteroatoms.